The van der Waals surface area contributed by atoms with Crippen LogP contribution in [0.2, 0.25) is 0 Å². The summed E-state index contributed by atoms with van der Waals surface area (Å²) < 4.78 is 47.1. The zero-order chi connectivity index (χ0) is 28.9. The number of hydrogen-bond donors (Lipinski definition) is 2. The number of anilines is 1. The number of carboxylic acids is 1. The first-order valence-corrected chi connectivity index (χ1v) is 11.6. The Morgan fingerprint density at radius 1 is 1.10 bits per heavy atom. The molecule has 4 aromatic rings. The van der Waals surface area contributed by atoms with Crippen molar-refractivity contribution in [3.8, 4) is 11.8 Å². The lowest BCUT2D eigenvalue weighted by Crippen LogP contribution is -2.31. The first-order valence-electron chi connectivity index (χ1n) is 11.6. The number of carbonyl (C=O) groups is 2. The van der Waals surface area contributed by atoms with Gasteiger partial charge in [0.25, 0.3) is 0 Å². The number of aliphatic carboxylic acids is 1. The molecule has 3 heterocycles. The standard InChI is InChI=1S/C25H19FN6O.C2HF3O2/c1-17-7-9-21(15-18(17)8-10-22-16-27-24-6-3-12-28-31(22)24)30-25(33)32-23(11-13-29-32)19-4-2-5-20(26)14-19;3-2(4,5)1(6)7/h2-7,9,12-16,23H,11H2,1H3,(H,30,33);(H,6,7)/t23-;/m0./s1. The van der Waals surface area contributed by atoms with Gasteiger partial charge in [0.15, 0.2) is 5.65 Å². The van der Waals surface area contributed by atoms with Gasteiger partial charge < -0.3 is 10.4 Å². The van der Waals surface area contributed by atoms with Crippen molar-refractivity contribution in [3.63, 3.8) is 0 Å². The van der Waals surface area contributed by atoms with Crippen molar-refractivity contribution in [1.29, 1.82) is 0 Å². The lowest BCUT2D eigenvalue weighted by atomic mass is 10.0. The minimum atomic E-state index is -5.08. The van der Waals surface area contributed by atoms with Gasteiger partial charge in [-0.3, -0.25) is 0 Å². The third kappa shape index (κ3) is 6.60. The van der Waals surface area contributed by atoms with Crippen LogP contribution in [0.4, 0.5) is 28.0 Å². The summed E-state index contributed by atoms with van der Waals surface area (Å²) in [6.07, 6.45) is 0.452. The summed E-state index contributed by atoms with van der Waals surface area (Å²) in [7, 11) is 0. The summed E-state index contributed by atoms with van der Waals surface area (Å²) in [4.78, 5) is 26.1. The second-order valence-electron chi connectivity index (χ2n) is 8.40. The van der Waals surface area contributed by atoms with Gasteiger partial charge in [-0.1, -0.05) is 24.1 Å². The molecule has 204 valence electrons. The van der Waals surface area contributed by atoms with Gasteiger partial charge in [-0.25, -0.2) is 28.5 Å². The van der Waals surface area contributed by atoms with Crippen molar-refractivity contribution in [2.75, 3.05) is 5.32 Å². The monoisotopic (exact) mass is 552 g/mol. The van der Waals surface area contributed by atoms with Gasteiger partial charge >= 0.3 is 18.2 Å². The Bertz CT molecular complexity index is 1660. The van der Waals surface area contributed by atoms with Crippen molar-refractivity contribution in [2.45, 2.75) is 25.6 Å². The second kappa shape index (κ2) is 11.6. The largest absolute Gasteiger partial charge is 0.490 e. The average molecular weight is 552 g/mol. The number of hydrogen-bond acceptors (Lipinski definition) is 5. The fourth-order valence-corrected chi connectivity index (χ4v) is 3.66. The number of halogens is 4. The second-order valence-corrected chi connectivity index (χ2v) is 8.40. The van der Waals surface area contributed by atoms with E-state index >= 15 is 0 Å². The summed E-state index contributed by atoms with van der Waals surface area (Å²) >= 11 is 0. The molecule has 1 aliphatic rings. The van der Waals surface area contributed by atoms with Gasteiger partial charge in [-0.05, 0) is 60.4 Å². The maximum Gasteiger partial charge on any atom is 0.490 e. The quantitative estimate of drug-likeness (QED) is 0.263. The first-order chi connectivity index (χ1) is 19.0. The zero-order valence-electron chi connectivity index (χ0n) is 20.7. The Balaban J connectivity index is 0.000000470. The molecule has 40 heavy (non-hydrogen) atoms. The van der Waals surface area contributed by atoms with Crippen molar-refractivity contribution in [3.05, 3.63) is 95.2 Å². The zero-order valence-corrected chi connectivity index (χ0v) is 20.7. The molecular formula is C27H20F4N6O3. The van der Waals surface area contributed by atoms with Gasteiger partial charge in [0.1, 0.15) is 11.5 Å². The Morgan fingerprint density at radius 3 is 2.60 bits per heavy atom. The Labute approximate surface area is 224 Å². The summed E-state index contributed by atoms with van der Waals surface area (Å²) in [5, 5.41) is 19.8. The maximum absolute atomic E-state index is 13.7. The Morgan fingerprint density at radius 2 is 1.88 bits per heavy atom. The van der Waals surface area contributed by atoms with Crippen LogP contribution in [0.15, 0.2) is 72.1 Å². The predicted octanol–water partition coefficient (Wildman–Crippen LogP) is 5.17. The number of rotatable bonds is 2. The number of alkyl halides is 3. The Kier molecular flexibility index (Phi) is 8.09. The summed E-state index contributed by atoms with van der Waals surface area (Å²) in [5.41, 5.74) is 4.41. The SMILES string of the molecule is Cc1ccc(NC(=O)N2N=CC[C@H]2c2cccc(F)c2)cc1C#Cc1cnc2cccnn12.O=C(O)C(F)(F)F. The van der Waals surface area contributed by atoms with Crippen LogP contribution in [-0.2, 0) is 4.79 Å². The van der Waals surface area contributed by atoms with E-state index in [-0.39, 0.29) is 11.9 Å². The van der Waals surface area contributed by atoms with Crippen LogP contribution >= 0.6 is 0 Å². The van der Waals surface area contributed by atoms with E-state index in [2.05, 4.69) is 32.3 Å². The summed E-state index contributed by atoms with van der Waals surface area (Å²) in [5.74, 6) is 3.14. The highest BCUT2D eigenvalue weighted by molar-refractivity contribution is 5.91. The van der Waals surface area contributed by atoms with E-state index in [0.29, 0.717) is 23.4 Å². The van der Waals surface area contributed by atoms with Crippen LogP contribution in [0.3, 0.4) is 0 Å². The number of urea groups is 1. The number of nitrogens with zero attached hydrogens (tertiary/aromatic N) is 5. The number of amides is 2. The number of fused-ring (bicyclic) bond motifs is 1. The molecule has 0 saturated heterocycles. The molecule has 9 nitrogen and oxygen atoms in total. The van der Waals surface area contributed by atoms with Gasteiger partial charge in [-0.15, -0.1) is 0 Å². The van der Waals surface area contributed by atoms with Crippen molar-refractivity contribution < 1.29 is 32.3 Å². The molecule has 2 aromatic carbocycles. The number of nitrogens with one attached hydrogen (secondary N) is 1. The van der Waals surface area contributed by atoms with Crippen LogP contribution in [0.5, 0.6) is 0 Å². The molecule has 5 rings (SSSR count). The predicted molar refractivity (Wildman–Crippen MR) is 137 cm³/mol. The molecule has 0 aliphatic carbocycles. The van der Waals surface area contributed by atoms with Gasteiger partial charge in [0.05, 0.1) is 12.2 Å². The molecular weight excluding hydrogens is 532 g/mol. The number of benzene rings is 2. The molecule has 2 N–H and O–H groups in total. The Hall–Kier alpha value is -5.25. The minimum Gasteiger partial charge on any atom is -0.475 e. The fraction of sp³-hybridized carbons (Fsp3) is 0.148. The lowest BCUT2D eigenvalue weighted by molar-refractivity contribution is -0.192. The number of aryl methyl sites for hydroxylation is 1. The van der Waals surface area contributed by atoms with Crippen LogP contribution in [0.1, 0.15) is 34.8 Å². The van der Waals surface area contributed by atoms with E-state index in [1.165, 1.54) is 17.1 Å². The van der Waals surface area contributed by atoms with Gasteiger partial charge in [0.2, 0.25) is 0 Å². The normalized spacial score (nSPS) is 14.2. The summed E-state index contributed by atoms with van der Waals surface area (Å²) in [6, 6.07) is 14.7. The van der Waals surface area contributed by atoms with Crippen LogP contribution in [0.25, 0.3) is 5.65 Å². The molecule has 0 saturated carbocycles. The minimum absolute atomic E-state index is 0.345. The molecule has 1 aliphatic heterocycles. The van der Waals surface area contributed by atoms with Gasteiger partial charge in [0, 0.05) is 30.1 Å². The topological polar surface area (TPSA) is 112 Å². The van der Waals surface area contributed by atoms with Crippen molar-refractivity contribution in [2.24, 2.45) is 5.10 Å². The lowest BCUT2D eigenvalue weighted by Gasteiger charge is -2.22. The highest BCUT2D eigenvalue weighted by atomic mass is 19.4. The van der Waals surface area contributed by atoms with Crippen molar-refractivity contribution in [1.82, 2.24) is 19.6 Å². The molecule has 0 radical (unpaired) electrons. The number of aromatic nitrogens is 3. The molecule has 13 heteroatoms. The summed E-state index contributed by atoms with van der Waals surface area (Å²) in [6.45, 7) is 1.95. The smallest absolute Gasteiger partial charge is 0.475 e. The first kappa shape index (κ1) is 27.8. The maximum atomic E-state index is 13.7. The van der Waals surface area contributed by atoms with E-state index in [4.69, 9.17) is 9.90 Å². The molecule has 2 amide bonds. The number of imidazole rings is 1. The van der Waals surface area contributed by atoms with E-state index in [1.54, 1.807) is 35.3 Å². The van der Waals surface area contributed by atoms with E-state index in [0.717, 1.165) is 16.8 Å². The average Bonchev–Trinajstić information content (AvgIpc) is 3.56. The third-order valence-corrected chi connectivity index (χ3v) is 5.61. The van der Waals surface area contributed by atoms with E-state index in [1.807, 2.05) is 37.3 Å². The van der Waals surface area contributed by atoms with Crippen molar-refractivity contribution >= 4 is 29.5 Å². The van der Waals surface area contributed by atoms with Crippen LogP contribution in [-0.4, -0.2) is 49.1 Å². The highest BCUT2D eigenvalue weighted by Gasteiger charge is 2.38. The number of carbonyl (C=O) groups excluding carboxylic acids is 1. The number of hydrazone groups is 1. The molecule has 2 aromatic heterocycles. The van der Waals surface area contributed by atoms with Gasteiger partial charge in [-0.2, -0.15) is 23.4 Å². The van der Waals surface area contributed by atoms with E-state index < -0.39 is 18.2 Å². The van der Waals surface area contributed by atoms with E-state index in [9.17, 15) is 22.4 Å². The fourth-order valence-electron chi connectivity index (χ4n) is 3.66. The number of carboxylic acid groups (broad SMARTS) is 1. The molecule has 0 bridgehead atoms. The molecule has 0 spiro atoms. The molecule has 0 fully saturated rings. The molecule has 1 atom stereocenters. The van der Waals surface area contributed by atoms with Crippen LogP contribution in [0, 0.1) is 24.6 Å². The van der Waals surface area contributed by atoms with Crippen LogP contribution < -0.4 is 5.32 Å². The molecule has 0 unspecified atom stereocenters. The third-order valence-electron chi connectivity index (χ3n) is 5.61. The highest BCUT2D eigenvalue weighted by Crippen LogP contribution is 2.29.